The number of thioether (sulfide) groups is 1. The first kappa shape index (κ1) is 18.4. The molecule has 112 valence electrons. The number of esters is 1. The fraction of sp³-hybridized carbons (Fsp3) is 0.800. The van der Waals surface area contributed by atoms with Gasteiger partial charge in [-0.05, 0) is 25.6 Å². The maximum Gasteiger partial charge on any atom is 0.370 e. The van der Waals surface area contributed by atoms with Crippen molar-refractivity contribution in [1.29, 1.82) is 0 Å². The van der Waals surface area contributed by atoms with Crippen molar-refractivity contribution in [3.63, 3.8) is 0 Å². The van der Waals surface area contributed by atoms with Gasteiger partial charge in [0.05, 0.1) is 13.2 Å². The largest absolute Gasteiger partial charge is 0.427 e. The van der Waals surface area contributed by atoms with Crippen LogP contribution in [0.15, 0.2) is 0 Å². The van der Waals surface area contributed by atoms with Gasteiger partial charge in [-0.3, -0.25) is 9.36 Å². The van der Waals surface area contributed by atoms with Crippen molar-refractivity contribution in [1.82, 2.24) is 0 Å². The van der Waals surface area contributed by atoms with Crippen LogP contribution in [0.3, 0.4) is 0 Å². The Balaban J connectivity index is 4.07. The monoisotopic (exact) mass is 314 g/mol. The van der Waals surface area contributed by atoms with Crippen molar-refractivity contribution >= 4 is 30.6 Å². The van der Waals surface area contributed by atoms with Crippen LogP contribution in [0.2, 0.25) is 0 Å². The fourth-order valence-electron chi connectivity index (χ4n) is 1.03. The molecule has 0 fully saturated rings. The van der Waals surface area contributed by atoms with Gasteiger partial charge in [0.25, 0.3) is 0 Å². The molecule has 0 amide bonds. The van der Waals surface area contributed by atoms with Gasteiger partial charge in [-0.2, -0.15) is 0 Å². The maximum atomic E-state index is 12.0. The molecule has 0 N–H and O–H groups in total. The Morgan fingerprint density at radius 1 is 1.05 bits per heavy atom. The van der Waals surface area contributed by atoms with Crippen LogP contribution in [0.4, 0.5) is 4.79 Å². The molecule has 0 aliphatic heterocycles. The summed E-state index contributed by atoms with van der Waals surface area (Å²) in [4.78, 5) is 22.4. The van der Waals surface area contributed by atoms with Crippen LogP contribution >= 0.6 is 19.4 Å². The first-order valence-corrected chi connectivity index (χ1v) is 8.52. The summed E-state index contributed by atoms with van der Waals surface area (Å²) in [7, 11) is -3.47. The molecule has 0 unspecified atom stereocenters. The lowest BCUT2D eigenvalue weighted by molar-refractivity contribution is -0.148. The van der Waals surface area contributed by atoms with Gasteiger partial charge >= 0.3 is 18.9 Å². The quantitative estimate of drug-likeness (QED) is 0.364. The van der Waals surface area contributed by atoms with Crippen molar-refractivity contribution in [2.75, 3.05) is 31.9 Å². The highest BCUT2D eigenvalue weighted by atomic mass is 32.2. The SMILES string of the molecule is CCOP(=O)(CC(=O)OCOC(=O)SCC)OCC. The van der Waals surface area contributed by atoms with Crippen molar-refractivity contribution < 1.29 is 32.7 Å². The standard InChI is InChI=1S/C10H19O7PS/c1-4-16-18(13,17-5-2)7-9(11)14-8-15-10(12)19-6-3/h4-8H2,1-3H3. The minimum Gasteiger partial charge on any atom is -0.427 e. The van der Waals surface area contributed by atoms with Crippen molar-refractivity contribution in [2.24, 2.45) is 0 Å². The van der Waals surface area contributed by atoms with Gasteiger partial charge < -0.3 is 18.5 Å². The molecule has 0 saturated carbocycles. The first-order valence-electron chi connectivity index (χ1n) is 5.80. The Kier molecular flexibility index (Phi) is 9.95. The minimum atomic E-state index is -3.47. The zero-order valence-electron chi connectivity index (χ0n) is 11.2. The highest BCUT2D eigenvalue weighted by Gasteiger charge is 2.28. The Bertz CT molecular complexity index is 324. The Morgan fingerprint density at radius 2 is 1.63 bits per heavy atom. The van der Waals surface area contributed by atoms with Crippen LogP contribution in [-0.2, 0) is 27.9 Å². The third-order valence-electron chi connectivity index (χ3n) is 1.63. The predicted octanol–water partition coefficient (Wildman–Crippen LogP) is 2.64. The van der Waals surface area contributed by atoms with E-state index in [2.05, 4.69) is 9.47 Å². The second-order valence-corrected chi connectivity index (χ2v) is 6.32. The molecule has 0 radical (unpaired) electrons. The zero-order chi connectivity index (χ0) is 14.7. The van der Waals surface area contributed by atoms with E-state index in [0.29, 0.717) is 5.75 Å². The summed E-state index contributed by atoms with van der Waals surface area (Å²) in [6, 6.07) is 0. The first-order chi connectivity index (χ1) is 8.97. The number of carbonyl (C=O) groups is 2. The van der Waals surface area contributed by atoms with E-state index in [4.69, 9.17) is 9.05 Å². The lowest BCUT2D eigenvalue weighted by atomic mass is 10.8. The van der Waals surface area contributed by atoms with Gasteiger partial charge in [-0.1, -0.05) is 6.92 Å². The lowest BCUT2D eigenvalue weighted by Gasteiger charge is -2.15. The summed E-state index contributed by atoms with van der Waals surface area (Å²) < 4.78 is 31.0. The molecular weight excluding hydrogens is 295 g/mol. The van der Waals surface area contributed by atoms with Crippen molar-refractivity contribution in [2.45, 2.75) is 20.8 Å². The van der Waals surface area contributed by atoms with E-state index in [1.54, 1.807) is 20.8 Å². The van der Waals surface area contributed by atoms with Crippen molar-refractivity contribution in [3.05, 3.63) is 0 Å². The summed E-state index contributed by atoms with van der Waals surface area (Å²) in [5, 5.41) is -0.534. The van der Waals surface area contributed by atoms with Crippen LogP contribution in [0, 0.1) is 0 Å². The van der Waals surface area contributed by atoms with Gasteiger partial charge in [0.15, 0.2) is 0 Å². The highest BCUT2D eigenvalue weighted by Crippen LogP contribution is 2.47. The molecule has 0 rings (SSSR count). The molecule has 19 heavy (non-hydrogen) atoms. The van der Waals surface area contributed by atoms with E-state index < -0.39 is 31.8 Å². The van der Waals surface area contributed by atoms with E-state index >= 15 is 0 Å². The topological polar surface area (TPSA) is 88.1 Å². The van der Waals surface area contributed by atoms with Gasteiger partial charge in [-0.15, -0.1) is 0 Å². The van der Waals surface area contributed by atoms with E-state index in [0.717, 1.165) is 11.8 Å². The molecule has 0 heterocycles. The number of hydrogen-bond donors (Lipinski definition) is 0. The fourth-order valence-corrected chi connectivity index (χ4v) is 2.85. The summed E-state index contributed by atoms with van der Waals surface area (Å²) in [5.41, 5.74) is 0. The third kappa shape index (κ3) is 9.04. The number of hydrogen-bond acceptors (Lipinski definition) is 8. The van der Waals surface area contributed by atoms with Gasteiger partial charge in [0.1, 0.15) is 6.16 Å². The zero-order valence-corrected chi connectivity index (χ0v) is 13.0. The molecule has 0 aliphatic carbocycles. The van der Waals surface area contributed by atoms with E-state index in [9.17, 15) is 14.2 Å². The van der Waals surface area contributed by atoms with E-state index in [1.807, 2.05) is 0 Å². The maximum absolute atomic E-state index is 12.0. The molecule has 0 aromatic heterocycles. The van der Waals surface area contributed by atoms with Gasteiger partial charge in [-0.25, -0.2) is 4.79 Å². The second kappa shape index (κ2) is 10.3. The number of rotatable bonds is 9. The van der Waals surface area contributed by atoms with E-state index in [-0.39, 0.29) is 13.2 Å². The van der Waals surface area contributed by atoms with Crippen molar-refractivity contribution in [3.8, 4) is 0 Å². The summed E-state index contributed by atoms with van der Waals surface area (Å²) >= 11 is 0.956. The molecule has 7 nitrogen and oxygen atoms in total. The molecule has 0 aromatic rings. The summed E-state index contributed by atoms with van der Waals surface area (Å²) in [5.74, 6) is -0.240. The van der Waals surface area contributed by atoms with Crippen LogP contribution in [-0.4, -0.2) is 43.2 Å². The van der Waals surface area contributed by atoms with Gasteiger partial charge in [0, 0.05) is 5.75 Å². The molecule has 9 heteroatoms. The minimum absolute atomic E-state index is 0.159. The van der Waals surface area contributed by atoms with Gasteiger partial charge in [0.2, 0.25) is 6.79 Å². The van der Waals surface area contributed by atoms with Crippen LogP contribution in [0.25, 0.3) is 0 Å². The Labute approximate surface area is 116 Å². The molecule has 0 aromatic carbocycles. The molecule has 0 atom stereocenters. The Hall–Kier alpha value is -0.560. The average Bonchev–Trinajstić information content (AvgIpc) is 2.29. The normalized spacial score (nSPS) is 11.1. The molecule has 0 aliphatic rings. The smallest absolute Gasteiger partial charge is 0.370 e. The lowest BCUT2D eigenvalue weighted by Crippen LogP contribution is -2.16. The van der Waals surface area contributed by atoms with Crippen LogP contribution in [0.5, 0.6) is 0 Å². The highest BCUT2D eigenvalue weighted by molar-refractivity contribution is 8.13. The average molecular weight is 314 g/mol. The predicted molar refractivity (Wildman–Crippen MR) is 71.3 cm³/mol. The molecule has 0 saturated heterocycles. The van der Waals surface area contributed by atoms with E-state index in [1.165, 1.54) is 0 Å². The molecule has 0 spiro atoms. The Morgan fingerprint density at radius 3 is 2.11 bits per heavy atom. The molecule has 0 bridgehead atoms. The summed E-state index contributed by atoms with van der Waals surface area (Å²) in [6.07, 6.45) is -0.507. The third-order valence-corrected chi connectivity index (χ3v) is 4.22. The van der Waals surface area contributed by atoms with Crippen LogP contribution in [0.1, 0.15) is 20.8 Å². The number of ether oxygens (including phenoxy) is 2. The van der Waals surface area contributed by atoms with Crippen LogP contribution < -0.4 is 0 Å². The molecular formula is C10H19O7PS. The summed E-state index contributed by atoms with van der Waals surface area (Å²) in [6.45, 7) is 4.88. The second-order valence-electron chi connectivity index (χ2n) is 3.07. The number of carbonyl (C=O) groups excluding carboxylic acids is 2.